The van der Waals surface area contributed by atoms with Crippen molar-refractivity contribution in [3.05, 3.63) is 163 Å². The van der Waals surface area contributed by atoms with Gasteiger partial charge in [0.25, 0.3) is 0 Å². The fourth-order valence-electron chi connectivity index (χ4n) is 7.97. The van der Waals surface area contributed by atoms with E-state index in [0.29, 0.717) is 22.5 Å². The third kappa shape index (κ3) is 3.62. The van der Waals surface area contributed by atoms with Crippen LogP contribution in [0, 0.1) is 22.7 Å². The van der Waals surface area contributed by atoms with Gasteiger partial charge in [-0.15, -0.1) is 0 Å². The molecule has 49 heavy (non-hydrogen) atoms. The van der Waals surface area contributed by atoms with Crippen molar-refractivity contribution in [1.29, 1.82) is 10.5 Å². The van der Waals surface area contributed by atoms with E-state index in [4.69, 9.17) is 0 Å². The molecule has 10 rings (SSSR count). The first kappa shape index (κ1) is 27.1. The molecule has 3 aromatic heterocycles. The average molecular weight is 624 g/mol. The molecule has 0 spiro atoms. The molecule has 226 valence electrons. The van der Waals surface area contributed by atoms with Gasteiger partial charge >= 0.3 is 0 Å². The zero-order valence-electron chi connectivity index (χ0n) is 26.2. The first-order chi connectivity index (χ1) is 24.3. The second-order valence-corrected chi connectivity index (χ2v) is 12.3. The maximum Gasteiger partial charge on any atom is 0.103 e. The van der Waals surface area contributed by atoms with Crippen LogP contribution in [-0.2, 0) is 0 Å². The highest BCUT2D eigenvalue weighted by Gasteiger charge is 2.27. The Morgan fingerprint density at radius 1 is 0.327 bits per heavy atom. The second-order valence-electron chi connectivity index (χ2n) is 12.3. The number of hydrogen-bond donors (Lipinski definition) is 0. The minimum Gasteiger partial charge on any atom is -0.308 e. The van der Waals surface area contributed by atoms with Crippen molar-refractivity contribution in [3.8, 4) is 29.2 Å². The van der Waals surface area contributed by atoms with E-state index >= 15 is 0 Å². The fourth-order valence-corrected chi connectivity index (χ4v) is 7.97. The predicted molar refractivity (Wildman–Crippen MR) is 199 cm³/mol. The molecule has 0 radical (unpaired) electrons. The molecule has 0 saturated heterocycles. The quantitative estimate of drug-likeness (QED) is 0.197. The van der Waals surface area contributed by atoms with E-state index in [1.54, 1.807) is 0 Å². The smallest absolute Gasteiger partial charge is 0.103 e. The van der Waals surface area contributed by atoms with Gasteiger partial charge in [-0.05, 0) is 42.5 Å². The van der Waals surface area contributed by atoms with E-state index < -0.39 is 0 Å². The van der Waals surface area contributed by atoms with Gasteiger partial charge < -0.3 is 13.7 Å². The van der Waals surface area contributed by atoms with Gasteiger partial charge in [-0.2, -0.15) is 10.5 Å². The number of fused-ring (bicyclic) bond motifs is 9. The molecule has 0 amide bonds. The number of nitriles is 2. The molecular weight excluding hydrogens is 599 g/mol. The molecule has 0 atom stereocenters. The first-order valence-corrected chi connectivity index (χ1v) is 16.3. The summed E-state index contributed by atoms with van der Waals surface area (Å²) < 4.78 is 6.60. The summed E-state index contributed by atoms with van der Waals surface area (Å²) in [6.45, 7) is 0. The largest absolute Gasteiger partial charge is 0.308 e. The molecule has 3 heterocycles. The Morgan fingerprint density at radius 2 is 0.612 bits per heavy atom. The molecule has 0 saturated carbocycles. The Bertz CT molecular complexity index is 2920. The van der Waals surface area contributed by atoms with Crippen LogP contribution in [0.2, 0.25) is 0 Å². The number of hydrogen-bond acceptors (Lipinski definition) is 2. The van der Waals surface area contributed by atoms with Gasteiger partial charge in [0.15, 0.2) is 0 Å². The molecule has 0 N–H and O–H groups in total. The van der Waals surface area contributed by atoms with Crippen molar-refractivity contribution in [2.75, 3.05) is 0 Å². The number of benzene rings is 7. The summed E-state index contributed by atoms with van der Waals surface area (Å²) in [4.78, 5) is 0. The highest BCUT2D eigenvalue weighted by atomic mass is 15.1. The molecule has 5 nitrogen and oxygen atoms in total. The van der Waals surface area contributed by atoms with Gasteiger partial charge in [0.05, 0.1) is 61.3 Å². The van der Waals surface area contributed by atoms with Gasteiger partial charge in [-0.1, -0.05) is 109 Å². The minimum absolute atomic E-state index is 0.324. The molecule has 0 fully saturated rings. The standard InChI is InChI=1S/C44H25N5/c45-26-34-35(27-46)44(49-40-23-11-5-17-32(40)33-18-6-12-24-41(33)49)43(48-38-21-9-3-15-30(38)31-16-4-10-22-39(31)48)25-42(34)47-36-19-7-1-13-28(36)29-14-2-8-20-37(29)47/h1-25H. The average Bonchev–Trinajstić information content (AvgIpc) is 3.80. The van der Waals surface area contributed by atoms with Crippen LogP contribution in [0.3, 0.4) is 0 Å². The lowest BCUT2D eigenvalue weighted by Crippen LogP contribution is -2.11. The van der Waals surface area contributed by atoms with E-state index in [9.17, 15) is 10.5 Å². The number of aromatic nitrogens is 3. The highest BCUT2D eigenvalue weighted by Crippen LogP contribution is 2.43. The van der Waals surface area contributed by atoms with Gasteiger partial charge in [-0.25, -0.2) is 0 Å². The Labute approximate surface area is 280 Å². The number of rotatable bonds is 3. The van der Waals surface area contributed by atoms with E-state index in [1.165, 1.54) is 0 Å². The molecule has 10 aromatic rings. The summed E-state index contributed by atoms with van der Waals surface area (Å²) in [6, 6.07) is 57.1. The van der Waals surface area contributed by atoms with Gasteiger partial charge in [0, 0.05) is 32.3 Å². The van der Waals surface area contributed by atoms with Gasteiger partial charge in [0.2, 0.25) is 0 Å². The number of para-hydroxylation sites is 6. The van der Waals surface area contributed by atoms with Crippen LogP contribution in [0.15, 0.2) is 152 Å². The Kier molecular flexibility index (Phi) is 5.64. The van der Waals surface area contributed by atoms with E-state index in [0.717, 1.165) is 71.1 Å². The maximum atomic E-state index is 11.2. The van der Waals surface area contributed by atoms with E-state index in [1.807, 2.05) is 48.5 Å². The summed E-state index contributed by atoms with van der Waals surface area (Å²) in [7, 11) is 0. The third-order valence-corrected chi connectivity index (χ3v) is 9.93. The van der Waals surface area contributed by atoms with Crippen LogP contribution in [0.4, 0.5) is 0 Å². The topological polar surface area (TPSA) is 62.4 Å². The molecule has 0 bridgehead atoms. The van der Waals surface area contributed by atoms with E-state index in [-0.39, 0.29) is 0 Å². The molecular formula is C44H25N5. The zero-order valence-corrected chi connectivity index (χ0v) is 26.2. The SMILES string of the molecule is N#Cc1c(-n2c3ccccc3c3ccccc32)cc(-n2c3ccccc3c3ccccc32)c(-n2c3ccccc3c3ccccc32)c1C#N. The van der Waals surface area contributed by atoms with Crippen molar-refractivity contribution in [2.24, 2.45) is 0 Å². The fraction of sp³-hybridized carbons (Fsp3) is 0. The molecule has 0 aliphatic heterocycles. The third-order valence-electron chi connectivity index (χ3n) is 9.93. The van der Waals surface area contributed by atoms with Crippen LogP contribution >= 0.6 is 0 Å². The normalized spacial score (nSPS) is 11.6. The summed E-state index contributed by atoms with van der Waals surface area (Å²) >= 11 is 0. The summed E-state index contributed by atoms with van der Waals surface area (Å²) in [6.07, 6.45) is 0. The van der Waals surface area contributed by atoms with Gasteiger partial charge in [-0.3, -0.25) is 0 Å². The monoisotopic (exact) mass is 623 g/mol. The number of nitrogens with zero attached hydrogens (tertiary/aromatic N) is 5. The minimum atomic E-state index is 0.324. The molecule has 0 unspecified atom stereocenters. The summed E-state index contributed by atoms with van der Waals surface area (Å²) in [5.74, 6) is 0. The lowest BCUT2D eigenvalue weighted by molar-refractivity contribution is 1.06. The molecule has 5 heteroatoms. The Morgan fingerprint density at radius 3 is 0.939 bits per heavy atom. The molecule has 0 aliphatic carbocycles. The first-order valence-electron chi connectivity index (χ1n) is 16.3. The van der Waals surface area contributed by atoms with Crippen LogP contribution < -0.4 is 0 Å². The molecule has 7 aromatic carbocycles. The van der Waals surface area contributed by atoms with Crippen molar-refractivity contribution in [1.82, 2.24) is 13.7 Å². The van der Waals surface area contributed by atoms with Crippen LogP contribution in [-0.4, -0.2) is 13.7 Å². The summed E-state index contributed by atoms with van der Waals surface area (Å²) in [5, 5.41) is 28.9. The second kappa shape index (κ2) is 10.2. The van der Waals surface area contributed by atoms with Gasteiger partial charge in [0.1, 0.15) is 12.1 Å². The van der Waals surface area contributed by atoms with Crippen molar-refractivity contribution in [2.45, 2.75) is 0 Å². The lowest BCUT2D eigenvalue weighted by atomic mass is 10.0. The Hall–Kier alpha value is -7.08. The van der Waals surface area contributed by atoms with Crippen molar-refractivity contribution in [3.63, 3.8) is 0 Å². The van der Waals surface area contributed by atoms with Crippen LogP contribution in [0.25, 0.3) is 82.5 Å². The Balaban J connectivity index is 1.48. The highest BCUT2D eigenvalue weighted by molar-refractivity contribution is 6.13. The zero-order chi connectivity index (χ0) is 32.6. The van der Waals surface area contributed by atoms with E-state index in [2.05, 4.69) is 129 Å². The van der Waals surface area contributed by atoms with Crippen molar-refractivity contribution < 1.29 is 0 Å². The van der Waals surface area contributed by atoms with Crippen LogP contribution in [0.5, 0.6) is 0 Å². The van der Waals surface area contributed by atoms with Crippen LogP contribution in [0.1, 0.15) is 11.1 Å². The van der Waals surface area contributed by atoms with Crippen molar-refractivity contribution >= 4 is 65.4 Å². The molecule has 0 aliphatic rings. The lowest BCUT2D eigenvalue weighted by Gasteiger charge is -2.22. The predicted octanol–water partition coefficient (Wildman–Crippen LogP) is 10.7. The summed E-state index contributed by atoms with van der Waals surface area (Å²) in [5.41, 5.74) is 8.73. The maximum absolute atomic E-state index is 11.2.